The molecule has 2 atom stereocenters. The zero-order valence-electron chi connectivity index (χ0n) is 9.94. The first-order valence-electron chi connectivity index (χ1n) is 6.22. The van der Waals surface area contributed by atoms with Gasteiger partial charge in [-0.1, -0.05) is 12.1 Å². The van der Waals surface area contributed by atoms with Crippen LogP contribution in [0.5, 0.6) is 0 Å². The molecule has 0 aromatic heterocycles. The molecule has 0 bridgehead atoms. The van der Waals surface area contributed by atoms with Gasteiger partial charge in [-0.3, -0.25) is 0 Å². The standard InChI is InChI=1S/C14H16O3/c1-2-16-13(15)10-5-3-6-11(9-10)14-8-4-7-12(14)17-14/h3,5-6,9,12H,2,4,7-8H2,1H3. The minimum atomic E-state index is -0.249. The Hall–Kier alpha value is -1.35. The van der Waals surface area contributed by atoms with E-state index < -0.39 is 0 Å². The quantitative estimate of drug-likeness (QED) is 0.594. The van der Waals surface area contributed by atoms with Crippen LogP contribution in [0.2, 0.25) is 0 Å². The highest BCUT2D eigenvalue weighted by molar-refractivity contribution is 5.89. The van der Waals surface area contributed by atoms with Crippen LogP contribution in [0.25, 0.3) is 0 Å². The van der Waals surface area contributed by atoms with Crippen molar-refractivity contribution in [2.24, 2.45) is 0 Å². The van der Waals surface area contributed by atoms with E-state index in [1.54, 1.807) is 6.07 Å². The van der Waals surface area contributed by atoms with Gasteiger partial charge in [-0.25, -0.2) is 4.79 Å². The summed E-state index contributed by atoms with van der Waals surface area (Å²) in [7, 11) is 0. The first-order valence-corrected chi connectivity index (χ1v) is 6.22. The molecule has 0 N–H and O–H groups in total. The van der Waals surface area contributed by atoms with Crippen molar-refractivity contribution >= 4 is 5.97 Å². The van der Waals surface area contributed by atoms with E-state index in [-0.39, 0.29) is 11.6 Å². The Morgan fingerprint density at radius 2 is 2.47 bits per heavy atom. The van der Waals surface area contributed by atoms with Crippen molar-refractivity contribution in [3.05, 3.63) is 35.4 Å². The molecule has 1 aliphatic carbocycles. The highest BCUT2D eigenvalue weighted by atomic mass is 16.6. The lowest BCUT2D eigenvalue weighted by molar-refractivity contribution is 0.0526. The molecule has 1 heterocycles. The van der Waals surface area contributed by atoms with E-state index >= 15 is 0 Å². The van der Waals surface area contributed by atoms with Crippen molar-refractivity contribution < 1.29 is 14.3 Å². The SMILES string of the molecule is CCOC(=O)c1cccc(C23CCCC2O3)c1. The smallest absolute Gasteiger partial charge is 0.338 e. The highest BCUT2D eigenvalue weighted by Crippen LogP contribution is 2.57. The Morgan fingerprint density at radius 1 is 1.59 bits per heavy atom. The van der Waals surface area contributed by atoms with Crippen molar-refractivity contribution in [2.75, 3.05) is 6.61 Å². The molecular formula is C14H16O3. The normalized spacial score (nSPS) is 29.8. The number of rotatable bonds is 3. The molecule has 90 valence electrons. The molecule has 1 aromatic rings. The van der Waals surface area contributed by atoms with E-state index in [1.807, 2.05) is 25.1 Å². The van der Waals surface area contributed by atoms with Crippen LogP contribution in [-0.4, -0.2) is 18.7 Å². The second kappa shape index (κ2) is 3.84. The number of carbonyl (C=O) groups excluding carboxylic acids is 1. The summed E-state index contributed by atoms with van der Waals surface area (Å²) < 4.78 is 10.8. The van der Waals surface area contributed by atoms with E-state index in [9.17, 15) is 4.79 Å². The molecule has 0 spiro atoms. The Labute approximate surface area is 101 Å². The minimum absolute atomic E-state index is 0.0808. The minimum Gasteiger partial charge on any atom is -0.462 e. The summed E-state index contributed by atoms with van der Waals surface area (Å²) >= 11 is 0. The summed E-state index contributed by atoms with van der Waals surface area (Å²) in [6.45, 7) is 2.23. The average molecular weight is 232 g/mol. The number of benzene rings is 1. The molecule has 1 saturated carbocycles. The van der Waals surface area contributed by atoms with E-state index in [1.165, 1.54) is 6.42 Å². The van der Waals surface area contributed by atoms with Crippen molar-refractivity contribution in [1.82, 2.24) is 0 Å². The molecular weight excluding hydrogens is 216 g/mol. The maximum atomic E-state index is 11.7. The third kappa shape index (κ3) is 1.65. The summed E-state index contributed by atoms with van der Waals surface area (Å²) in [6, 6.07) is 7.68. The van der Waals surface area contributed by atoms with Crippen molar-refractivity contribution in [3.8, 4) is 0 Å². The van der Waals surface area contributed by atoms with Crippen LogP contribution in [0, 0.1) is 0 Å². The number of fused-ring (bicyclic) bond motifs is 1. The van der Waals surface area contributed by atoms with Gasteiger partial charge in [-0.05, 0) is 43.9 Å². The Kier molecular flexibility index (Phi) is 2.44. The lowest BCUT2D eigenvalue weighted by atomic mass is 9.95. The van der Waals surface area contributed by atoms with Gasteiger partial charge >= 0.3 is 5.97 Å². The fourth-order valence-corrected chi connectivity index (χ4v) is 2.80. The fourth-order valence-electron chi connectivity index (χ4n) is 2.80. The van der Waals surface area contributed by atoms with Crippen molar-refractivity contribution in [3.63, 3.8) is 0 Å². The van der Waals surface area contributed by atoms with Gasteiger partial charge < -0.3 is 9.47 Å². The second-order valence-corrected chi connectivity index (χ2v) is 4.69. The second-order valence-electron chi connectivity index (χ2n) is 4.69. The number of hydrogen-bond donors (Lipinski definition) is 0. The van der Waals surface area contributed by atoms with E-state index in [2.05, 4.69) is 0 Å². The molecule has 3 heteroatoms. The molecule has 1 aromatic carbocycles. The van der Waals surface area contributed by atoms with Crippen molar-refractivity contribution in [2.45, 2.75) is 37.9 Å². The molecule has 2 unspecified atom stereocenters. The van der Waals surface area contributed by atoms with Gasteiger partial charge in [0, 0.05) is 0 Å². The Morgan fingerprint density at radius 3 is 3.12 bits per heavy atom. The Bertz CT molecular complexity index is 455. The summed E-state index contributed by atoms with van der Waals surface area (Å²) in [5.41, 5.74) is 1.67. The first-order chi connectivity index (χ1) is 8.26. The monoisotopic (exact) mass is 232 g/mol. The lowest BCUT2D eigenvalue weighted by Crippen LogP contribution is -2.10. The number of carbonyl (C=O) groups is 1. The van der Waals surface area contributed by atoms with E-state index in [0.29, 0.717) is 18.3 Å². The summed E-state index contributed by atoms with van der Waals surface area (Å²) in [5, 5.41) is 0. The zero-order valence-corrected chi connectivity index (χ0v) is 9.94. The van der Waals surface area contributed by atoms with E-state index in [4.69, 9.17) is 9.47 Å². The molecule has 3 nitrogen and oxygen atoms in total. The molecule has 1 aliphatic heterocycles. The van der Waals surface area contributed by atoms with Crippen LogP contribution in [0.15, 0.2) is 24.3 Å². The molecule has 17 heavy (non-hydrogen) atoms. The average Bonchev–Trinajstić information content (AvgIpc) is 2.93. The topological polar surface area (TPSA) is 38.8 Å². The summed E-state index contributed by atoms with van der Waals surface area (Å²) in [4.78, 5) is 11.7. The summed E-state index contributed by atoms with van der Waals surface area (Å²) in [6.07, 6.45) is 3.81. The largest absolute Gasteiger partial charge is 0.462 e. The molecule has 1 saturated heterocycles. The maximum Gasteiger partial charge on any atom is 0.338 e. The predicted octanol–water partition coefficient (Wildman–Crippen LogP) is 2.64. The predicted molar refractivity (Wildman–Crippen MR) is 62.8 cm³/mol. The van der Waals surface area contributed by atoms with Gasteiger partial charge in [0.2, 0.25) is 0 Å². The van der Waals surface area contributed by atoms with Crippen LogP contribution in [0.4, 0.5) is 0 Å². The Balaban J connectivity index is 1.87. The number of esters is 1. The number of epoxide rings is 1. The molecule has 2 aliphatic rings. The summed E-state index contributed by atoms with van der Waals surface area (Å²) in [5.74, 6) is -0.249. The van der Waals surface area contributed by atoms with Crippen LogP contribution >= 0.6 is 0 Å². The van der Waals surface area contributed by atoms with Gasteiger partial charge in [0.15, 0.2) is 0 Å². The third-order valence-electron chi connectivity index (χ3n) is 3.69. The highest BCUT2D eigenvalue weighted by Gasteiger charge is 2.60. The third-order valence-corrected chi connectivity index (χ3v) is 3.69. The van der Waals surface area contributed by atoms with Crippen LogP contribution < -0.4 is 0 Å². The molecule has 2 fully saturated rings. The van der Waals surface area contributed by atoms with E-state index in [0.717, 1.165) is 18.4 Å². The zero-order chi connectivity index (χ0) is 11.9. The first kappa shape index (κ1) is 10.8. The van der Waals surface area contributed by atoms with Crippen LogP contribution in [-0.2, 0) is 15.1 Å². The number of ether oxygens (including phenoxy) is 2. The molecule has 0 amide bonds. The number of hydrogen-bond acceptors (Lipinski definition) is 3. The van der Waals surface area contributed by atoms with Gasteiger partial charge in [0.1, 0.15) is 5.60 Å². The van der Waals surface area contributed by atoms with Crippen LogP contribution in [0.3, 0.4) is 0 Å². The van der Waals surface area contributed by atoms with Crippen LogP contribution in [0.1, 0.15) is 42.1 Å². The van der Waals surface area contributed by atoms with Gasteiger partial charge in [0.05, 0.1) is 18.3 Å². The molecule has 0 radical (unpaired) electrons. The van der Waals surface area contributed by atoms with Gasteiger partial charge in [-0.15, -0.1) is 0 Å². The van der Waals surface area contributed by atoms with Gasteiger partial charge in [-0.2, -0.15) is 0 Å². The lowest BCUT2D eigenvalue weighted by Gasteiger charge is -2.10. The van der Waals surface area contributed by atoms with Crippen molar-refractivity contribution in [1.29, 1.82) is 0 Å². The maximum absolute atomic E-state index is 11.7. The molecule has 3 rings (SSSR count). The fraction of sp³-hybridized carbons (Fsp3) is 0.500. The van der Waals surface area contributed by atoms with Gasteiger partial charge in [0.25, 0.3) is 0 Å².